The molecule has 0 N–H and O–H groups in total. The van der Waals surface area contributed by atoms with E-state index in [-0.39, 0.29) is 5.91 Å². The normalized spacial score (nSPS) is 23.9. The summed E-state index contributed by atoms with van der Waals surface area (Å²) >= 11 is 0. The molecule has 2 heterocycles. The van der Waals surface area contributed by atoms with E-state index < -0.39 is 0 Å². The van der Waals surface area contributed by atoms with E-state index in [2.05, 4.69) is 18.8 Å². The minimum Gasteiger partial charge on any atom is -0.445 e. The lowest BCUT2D eigenvalue weighted by Gasteiger charge is -2.63. The molecule has 1 aromatic heterocycles. The Hall–Kier alpha value is -1.32. The maximum atomic E-state index is 12.7. The first-order valence-corrected chi connectivity index (χ1v) is 7.76. The molecule has 0 bridgehead atoms. The Morgan fingerprint density at radius 1 is 1.50 bits per heavy atom. The second kappa shape index (κ2) is 4.61. The van der Waals surface area contributed by atoms with E-state index >= 15 is 0 Å². The van der Waals surface area contributed by atoms with E-state index in [9.17, 15) is 4.79 Å². The zero-order valence-corrected chi connectivity index (χ0v) is 12.9. The minimum atomic E-state index is 0.0576. The summed E-state index contributed by atoms with van der Waals surface area (Å²) in [5, 5.41) is 0. The van der Waals surface area contributed by atoms with Crippen LogP contribution >= 0.6 is 0 Å². The van der Waals surface area contributed by atoms with Gasteiger partial charge in [-0.05, 0) is 25.7 Å². The molecule has 3 rings (SSSR count). The van der Waals surface area contributed by atoms with E-state index in [1.54, 1.807) is 0 Å². The Labute approximate surface area is 120 Å². The number of aromatic nitrogens is 1. The predicted molar refractivity (Wildman–Crippen MR) is 76.6 cm³/mol. The van der Waals surface area contributed by atoms with Gasteiger partial charge in [-0.1, -0.05) is 27.2 Å². The van der Waals surface area contributed by atoms with Crippen LogP contribution in [0.2, 0.25) is 0 Å². The molecule has 1 spiro atoms. The van der Waals surface area contributed by atoms with Crippen molar-refractivity contribution in [3.05, 3.63) is 17.3 Å². The third kappa shape index (κ3) is 1.80. The van der Waals surface area contributed by atoms with Crippen LogP contribution < -0.4 is 0 Å². The second-order valence-corrected chi connectivity index (χ2v) is 6.70. The fourth-order valence-electron chi connectivity index (χ4n) is 4.04. The van der Waals surface area contributed by atoms with Gasteiger partial charge in [-0.2, -0.15) is 0 Å². The number of likely N-dealkylation sites (tertiary alicyclic amines) is 1. The van der Waals surface area contributed by atoms with Crippen LogP contribution in [0.5, 0.6) is 0 Å². The van der Waals surface area contributed by atoms with Gasteiger partial charge in [0, 0.05) is 24.4 Å². The van der Waals surface area contributed by atoms with Crippen molar-refractivity contribution in [2.45, 2.75) is 59.4 Å². The van der Waals surface area contributed by atoms with Crippen LogP contribution in [0.4, 0.5) is 0 Å². The summed E-state index contributed by atoms with van der Waals surface area (Å²) in [5.74, 6) is 1.88. The number of hydrogen-bond acceptors (Lipinski definition) is 3. The summed E-state index contributed by atoms with van der Waals surface area (Å²) < 4.78 is 5.53. The lowest BCUT2D eigenvalue weighted by atomic mass is 9.55. The Morgan fingerprint density at radius 3 is 2.65 bits per heavy atom. The molecular weight excluding hydrogens is 252 g/mol. The number of nitrogens with zero attached hydrogens (tertiary/aromatic N) is 2. The van der Waals surface area contributed by atoms with Crippen molar-refractivity contribution in [3.8, 4) is 0 Å². The topological polar surface area (TPSA) is 46.3 Å². The van der Waals surface area contributed by atoms with Gasteiger partial charge in [-0.25, -0.2) is 4.98 Å². The molecule has 0 radical (unpaired) electrons. The van der Waals surface area contributed by atoms with Gasteiger partial charge in [0.15, 0.2) is 11.6 Å². The monoisotopic (exact) mass is 276 g/mol. The number of oxazole rings is 1. The number of aryl methyl sites for hydroxylation is 2. The largest absolute Gasteiger partial charge is 0.445 e. The van der Waals surface area contributed by atoms with Crippen LogP contribution in [0.15, 0.2) is 4.42 Å². The van der Waals surface area contributed by atoms with Gasteiger partial charge in [-0.15, -0.1) is 0 Å². The smallest absolute Gasteiger partial charge is 0.276 e. The molecule has 1 saturated carbocycles. The number of hydrogen-bond donors (Lipinski definition) is 0. The molecule has 1 amide bonds. The van der Waals surface area contributed by atoms with Crippen LogP contribution in [0, 0.1) is 18.3 Å². The van der Waals surface area contributed by atoms with Gasteiger partial charge in [-0.3, -0.25) is 4.79 Å². The summed E-state index contributed by atoms with van der Waals surface area (Å²) in [7, 11) is 0. The zero-order chi connectivity index (χ0) is 14.5. The molecule has 4 heteroatoms. The van der Waals surface area contributed by atoms with Crippen LogP contribution in [0.1, 0.15) is 62.2 Å². The molecule has 1 aliphatic heterocycles. The van der Waals surface area contributed by atoms with Crippen LogP contribution in [0.25, 0.3) is 0 Å². The van der Waals surface area contributed by atoms with Crippen molar-refractivity contribution in [2.24, 2.45) is 11.3 Å². The zero-order valence-electron chi connectivity index (χ0n) is 12.9. The van der Waals surface area contributed by atoms with Crippen molar-refractivity contribution >= 4 is 5.91 Å². The molecule has 1 unspecified atom stereocenters. The molecule has 2 fully saturated rings. The lowest BCUT2D eigenvalue weighted by Crippen LogP contribution is -2.70. The predicted octanol–water partition coefficient (Wildman–Crippen LogP) is 3.20. The first kappa shape index (κ1) is 13.7. The fourth-order valence-corrected chi connectivity index (χ4v) is 4.04. The summed E-state index contributed by atoms with van der Waals surface area (Å²) in [5.41, 5.74) is 0.927. The van der Waals surface area contributed by atoms with Gasteiger partial charge >= 0.3 is 0 Å². The molecular formula is C16H24N2O2. The van der Waals surface area contributed by atoms with Gasteiger partial charge in [0.2, 0.25) is 0 Å². The minimum absolute atomic E-state index is 0.0576. The number of amides is 1. The maximum Gasteiger partial charge on any atom is 0.276 e. The van der Waals surface area contributed by atoms with Crippen LogP contribution in [-0.2, 0) is 6.42 Å². The second-order valence-electron chi connectivity index (χ2n) is 6.70. The van der Waals surface area contributed by atoms with E-state index in [4.69, 9.17) is 4.42 Å². The van der Waals surface area contributed by atoms with Crippen molar-refractivity contribution in [2.75, 3.05) is 6.54 Å². The maximum absolute atomic E-state index is 12.7. The highest BCUT2D eigenvalue weighted by Gasteiger charge is 2.58. The van der Waals surface area contributed by atoms with Crippen molar-refractivity contribution in [3.63, 3.8) is 0 Å². The number of rotatable bonds is 3. The van der Waals surface area contributed by atoms with Crippen molar-refractivity contribution in [1.82, 2.24) is 9.88 Å². The quantitative estimate of drug-likeness (QED) is 0.851. The molecule has 110 valence electrons. The Bertz CT molecular complexity index is 529. The van der Waals surface area contributed by atoms with Crippen LogP contribution in [0.3, 0.4) is 0 Å². The lowest BCUT2D eigenvalue weighted by molar-refractivity contribution is -0.121. The van der Waals surface area contributed by atoms with Crippen molar-refractivity contribution < 1.29 is 9.21 Å². The SMILES string of the molecule is CCc1nc(C(=O)N2CC3(CCC3)C2C(C)C)c(C)o1. The van der Waals surface area contributed by atoms with E-state index in [0.717, 1.165) is 13.0 Å². The van der Waals surface area contributed by atoms with Gasteiger partial charge in [0.05, 0.1) is 0 Å². The van der Waals surface area contributed by atoms with E-state index in [1.807, 2.05) is 18.7 Å². The molecule has 4 nitrogen and oxygen atoms in total. The average Bonchev–Trinajstić information content (AvgIpc) is 2.66. The standard InChI is InChI=1S/C16H24N2O2/c1-5-12-17-13(11(4)20-12)15(19)18-9-16(7-6-8-16)14(18)10(2)3/h10,14H,5-9H2,1-4H3. The Morgan fingerprint density at radius 2 is 2.20 bits per heavy atom. The Balaban J connectivity index is 1.82. The first-order chi connectivity index (χ1) is 9.48. The highest BCUT2D eigenvalue weighted by Crippen LogP contribution is 2.55. The molecule has 1 aromatic rings. The summed E-state index contributed by atoms with van der Waals surface area (Å²) in [6.07, 6.45) is 4.59. The third-order valence-electron chi connectivity index (χ3n) is 5.04. The van der Waals surface area contributed by atoms with Crippen molar-refractivity contribution in [1.29, 1.82) is 0 Å². The Kier molecular flexibility index (Phi) is 3.14. The van der Waals surface area contributed by atoms with Gasteiger partial charge < -0.3 is 9.32 Å². The highest BCUT2D eigenvalue weighted by atomic mass is 16.4. The van der Waals surface area contributed by atoms with Gasteiger partial charge in [0.1, 0.15) is 5.76 Å². The first-order valence-electron chi connectivity index (χ1n) is 7.76. The number of carbonyl (C=O) groups is 1. The highest BCUT2D eigenvalue weighted by molar-refractivity contribution is 5.94. The molecule has 1 atom stereocenters. The fraction of sp³-hybridized carbons (Fsp3) is 0.750. The molecule has 1 aliphatic carbocycles. The molecule has 20 heavy (non-hydrogen) atoms. The molecule has 2 aliphatic rings. The van der Waals surface area contributed by atoms with Crippen LogP contribution in [-0.4, -0.2) is 28.4 Å². The third-order valence-corrected chi connectivity index (χ3v) is 5.04. The summed E-state index contributed by atoms with van der Waals surface area (Å²) in [6, 6.07) is 0.380. The van der Waals surface area contributed by atoms with E-state index in [1.165, 1.54) is 19.3 Å². The number of carbonyl (C=O) groups excluding carboxylic acids is 1. The average molecular weight is 276 g/mol. The van der Waals surface area contributed by atoms with Gasteiger partial charge in [0.25, 0.3) is 5.91 Å². The molecule has 0 aromatic carbocycles. The molecule has 1 saturated heterocycles. The summed E-state index contributed by atoms with van der Waals surface area (Å²) in [6.45, 7) is 9.17. The summed E-state index contributed by atoms with van der Waals surface area (Å²) in [4.78, 5) is 19.1. The van der Waals surface area contributed by atoms with E-state index in [0.29, 0.717) is 34.7 Å².